The molecule has 1 aromatic carbocycles. The van der Waals surface area contributed by atoms with Gasteiger partial charge < -0.3 is 10.4 Å². The highest BCUT2D eigenvalue weighted by Gasteiger charge is 2.36. The molecule has 0 unspecified atom stereocenters. The Hall–Kier alpha value is -1.55. The Morgan fingerprint density at radius 1 is 1.32 bits per heavy atom. The van der Waals surface area contributed by atoms with E-state index in [-0.39, 0.29) is 12.3 Å². The molecule has 0 spiro atoms. The van der Waals surface area contributed by atoms with Crippen molar-refractivity contribution >= 4 is 23.5 Å². The molecular formula is C14H18ClNO3. The van der Waals surface area contributed by atoms with E-state index in [4.69, 9.17) is 11.6 Å². The number of hydrogen-bond donors (Lipinski definition) is 2. The lowest BCUT2D eigenvalue weighted by atomic mass is 9.92. The van der Waals surface area contributed by atoms with Crippen LogP contribution in [0.15, 0.2) is 24.3 Å². The predicted molar refractivity (Wildman–Crippen MR) is 74.2 cm³/mol. The Labute approximate surface area is 117 Å². The lowest BCUT2D eigenvalue weighted by Crippen LogP contribution is -2.54. The van der Waals surface area contributed by atoms with Gasteiger partial charge in [-0.1, -0.05) is 37.6 Å². The predicted octanol–water partition coefficient (Wildman–Crippen LogP) is 2.64. The highest BCUT2D eigenvalue weighted by Crippen LogP contribution is 2.16. The summed E-state index contributed by atoms with van der Waals surface area (Å²) in [6.45, 7) is 3.49. The van der Waals surface area contributed by atoms with Gasteiger partial charge in [-0.3, -0.25) is 4.79 Å². The van der Waals surface area contributed by atoms with Gasteiger partial charge in [0.15, 0.2) is 0 Å². The Morgan fingerprint density at radius 2 is 1.95 bits per heavy atom. The van der Waals surface area contributed by atoms with Crippen LogP contribution in [0.25, 0.3) is 0 Å². The fourth-order valence-electron chi connectivity index (χ4n) is 1.93. The molecule has 1 rings (SSSR count). The van der Waals surface area contributed by atoms with Gasteiger partial charge in [0, 0.05) is 5.02 Å². The van der Waals surface area contributed by atoms with Crippen LogP contribution in [0.3, 0.4) is 0 Å². The molecule has 0 radical (unpaired) electrons. The average Bonchev–Trinajstić information content (AvgIpc) is 2.35. The van der Waals surface area contributed by atoms with Gasteiger partial charge in [-0.2, -0.15) is 0 Å². The van der Waals surface area contributed by atoms with E-state index < -0.39 is 11.5 Å². The Bertz CT molecular complexity index is 470. The van der Waals surface area contributed by atoms with Gasteiger partial charge in [0.1, 0.15) is 5.54 Å². The summed E-state index contributed by atoms with van der Waals surface area (Å²) in [5.74, 6) is -1.31. The lowest BCUT2D eigenvalue weighted by molar-refractivity contribution is -0.148. The Balaban J connectivity index is 2.76. The molecule has 0 aliphatic heterocycles. The number of carbonyl (C=O) groups excluding carboxylic acids is 1. The number of benzene rings is 1. The number of nitrogens with one attached hydrogen (secondary N) is 1. The average molecular weight is 284 g/mol. The fourth-order valence-corrected chi connectivity index (χ4v) is 2.14. The molecule has 0 saturated carbocycles. The summed E-state index contributed by atoms with van der Waals surface area (Å²) in [6, 6.07) is 6.96. The van der Waals surface area contributed by atoms with Gasteiger partial charge in [-0.25, -0.2) is 4.79 Å². The van der Waals surface area contributed by atoms with E-state index in [0.29, 0.717) is 17.9 Å². The third kappa shape index (κ3) is 3.96. The topological polar surface area (TPSA) is 66.4 Å². The van der Waals surface area contributed by atoms with Crippen LogP contribution < -0.4 is 5.32 Å². The van der Waals surface area contributed by atoms with Crippen LogP contribution in [0.2, 0.25) is 5.02 Å². The van der Waals surface area contributed by atoms with Crippen molar-refractivity contribution in [2.75, 3.05) is 0 Å². The van der Waals surface area contributed by atoms with Crippen molar-refractivity contribution in [3.05, 3.63) is 34.9 Å². The van der Waals surface area contributed by atoms with Crippen LogP contribution in [0, 0.1) is 0 Å². The molecular weight excluding hydrogens is 266 g/mol. The van der Waals surface area contributed by atoms with Gasteiger partial charge in [-0.15, -0.1) is 0 Å². The number of rotatable bonds is 6. The molecule has 1 aromatic rings. The zero-order valence-corrected chi connectivity index (χ0v) is 11.8. The van der Waals surface area contributed by atoms with Crippen molar-refractivity contribution in [1.82, 2.24) is 5.32 Å². The zero-order chi connectivity index (χ0) is 14.5. The van der Waals surface area contributed by atoms with Crippen LogP contribution in [-0.4, -0.2) is 22.5 Å². The van der Waals surface area contributed by atoms with E-state index in [1.807, 2.05) is 0 Å². The van der Waals surface area contributed by atoms with Crippen LogP contribution in [-0.2, 0) is 16.0 Å². The number of carboxylic acid groups (broad SMARTS) is 1. The molecule has 0 heterocycles. The summed E-state index contributed by atoms with van der Waals surface area (Å²) >= 11 is 5.84. The number of aliphatic carboxylic acids is 1. The molecule has 0 fully saturated rings. The van der Waals surface area contributed by atoms with Gasteiger partial charge in [0.25, 0.3) is 0 Å². The molecule has 104 valence electrons. The van der Waals surface area contributed by atoms with Gasteiger partial charge in [-0.05, 0) is 30.5 Å². The second-order valence-electron chi connectivity index (χ2n) is 4.45. The smallest absolute Gasteiger partial charge is 0.329 e. The normalized spacial score (nSPS) is 11.1. The highest BCUT2D eigenvalue weighted by molar-refractivity contribution is 6.30. The minimum atomic E-state index is -1.18. The monoisotopic (exact) mass is 283 g/mol. The minimum absolute atomic E-state index is 0.121. The second kappa shape index (κ2) is 6.57. The van der Waals surface area contributed by atoms with E-state index in [9.17, 15) is 14.7 Å². The van der Waals surface area contributed by atoms with E-state index >= 15 is 0 Å². The molecule has 5 heteroatoms. The maximum absolute atomic E-state index is 11.9. The van der Waals surface area contributed by atoms with Crippen molar-refractivity contribution in [3.8, 4) is 0 Å². The SMILES string of the molecule is CCC(CC)(NC(=O)Cc1cccc(Cl)c1)C(=O)O. The van der Waals surface area contributed by atoms with Crippen LogP contribution in [0.5, 0.6) is 0 Å². The summed E-state index contributed by atoms with van der Waals surface area (Å²) in [6.07, 6.45) is 0.815. The number of amides is 1. The third-order valence-electron chi connectivity index (χ3n) is 3.25. The molecule has 2 N–H and O–H groups in total. The summed E-state index contributed by atoms with van der Waals surface area (Å²) in [7, 11) is 0. The minimum Gasteiger partial charge on any atom is -0.480 e. The number of carboxylic acids is 1. The summed E-state index contributed by atoms with van der Waals surface area (Å²) < 4.78 is 0. The van der Waals surface area contributed by atoms with E-state index in [2.05, 4.69) is 5.32 Å². The van der Waals surface area contributed by atoms with Crippen molar-refractivity contribution in [3.63, 3.8) is 0 Å². The highest BCUT2D eigenvalue weighted by atomic mass is 35.5. The molecule has 0 saturated heterocycles. The third-order valence-corrected chi connectivity index (χ3v) is 3.48. The van der Waals surface area contributed by atoms with Gasteiger partial charge >= 0.3 is 5.97 Å². The number of halogens is 1. The van der Waals surface area contributed by atoms with Gasteiger partial charge in [0.05, 0.1) is 6.42 Å². The first-order valence-electron chi connectivity index (χ1n) is 6.22. The molecule has 0 aliphatic rings. The maximum atomic E-state index is 11.9. The van der Waals surface area contributed by atoms with Crippen molar-refractivity contribution < 1.29 is 14.7 Å². The van der Waals surface area contributed by atoms with E-state index in [1.165, 1.54) is 0 Å². The molecule has 19 heavy (non-hydrogen) atoms. The lowest BCUT2D eigenvalue weighted by Gasteiger charge is -2.28. The maximum Gasteiger partial charge on any atom is 0.329 e. The fraction of sp³-hybridized carbons (Fsp3) is 0.429. The zero-order valence-electron chi connectivity index (χ0n) is 11.1. The summed E-state index contributed by atoms with van der Waals surface area (Å²) in [5, 5.41) is 12.4. The Kier molecular flexibility index (Phi) is 5.36. The number of hydrogen-bond acceptors (Lipinski definition) is 2. The first kappa shape index (κ1) is 15.5. The van der Waals surface area contributed by atoms with Crippen molar-refractivity contribution in [2.24, 2.45) is 0 Å². The van der Waals surface area contributed by atoms with Gasteiger partial charge in [0.2, 0.25) is 5.91 Å². The summed E-state index contributed by atoms with van der Waals surface area (Å²) in [4.78, 5) is 23.2. The summed E-state index contributed by atoms with van der Waals surface area (Å²) in [5.41, 5.74) is -0.424. The van der Waals surface area contributed by atoms with Crippen LogP contribution >= 0.6 is 11.6 Å². The van der Waals surface area contributed by atoms with Crippen molar-refractivity contribution in [2.45, 2.75) is 38.6 Å². The first-order chi connectivity index (χ1) is 8.93. The molecule has 0 bridgehead atoms. The molecule has 0 atom stereocenters. The standard InChI is InChI=1S/C14H18ClNO3/c1-3-14(4-2,13(18)19)16-12(17)9-10-6-5-7-11(15)8-10/h5-8H,3-4,9H2,1-2H3,(H,16,17)(H,18,19). The van der Waals surface area contributed by atoms with E-state index in [1.54, 1.807) is 38.1 Å². The molecule has 0 aliphatic carbocycles. The molecule has 0 aromatic heterocycles. The second-order valence-corrected chi connectivity index (χ2v) is 4.89. The molecule has 1 amide bonds. The van der Waals surface area contributed by atoms with Crippen LogP contribution in [0.1, 0.15) is 32.3 Å². The number of carbonyl (C=O) groups is 2. The Morgan fingerprint density at radius 3 is 2.42 bits per heavy atom. The van der Waals surface area contributed by atoms with E-state index in [0.717, 1.165) is 5.56 Å². The van der Waals surface area contributed by atoms with Crippen molar-refractivity contribution in [1.29, 1.82) is 0 Å². The van der Waals surface area contributed by atoms with Crippen LogP contribution in [0.4, 0.5) is 0 Å². The first-order valence-corrected chi connectivity index (χ1v) is 6.60. The largest absolute Gasteiger partial charge is 0.480 e. The quantitative estimate of drug-likeness (QED) is 0.843. The molecule has 4 nitrogen and oxygen atoms in total.